The molecule has 0 spiro atoms. The number of nitrogens with zero attached hydrogens (tertiary/aromatic N) is 1. The Labute approximate surface area is 96.8 Å². The molecule has 0 amide bonds. The van der Waals surface area contributed by atoms with Crippen molar-refractivity contribution < 1.29 is 0 Å². The number of hydrogen-bond donors (Lipinski definition) is 2. The Hall–Kier alpha value is -1.19. The maximum absolute atomic E-state index is 5.81. The van der Waals surface area contributed by atoms with Crippen LogP contribution in [0.15, 0.2) is 30.5 Å². The first-order chi connectivity index (χ1) is 7.79. The molecule has 1 aromatic rings. The van der Waals surface area contributed by atoms with Gasteiger partial charge in [0.1, 0.15) is 0 Å². The molecule has 0 bridgehead atoms. The number of nitrogens with one attached hydrogen (secondary N) is 1. The van der Waals surface area contributed by atoms with Gasteiger partial charge in [0.15, 0.2) is 0 Å². The third-order valence-corrected chi connectivity index (χ3v) is 3.02. The number of pyridine rings is 1. The largest absolute Gasteiger partial charge is 0.329 e. The molecule has 0 aromatic carbocycles. The van der Waals surface area contributed by atoms with Crippen molar-refractivity contribution in [2.75, 3.05) is 6.54 Å². The van der Waals surface area contributed by atoms with Crippen LogP contribution >= 0.6 is 0 Å². The lowest BCUT2D eigenvalue weighted by Gasteiger charge is -2.21. The third-order valence-electron chi connectivity index (χ3n) is 3.02. The molecule has 0 saturated heterocycles. The standard InChI is InChI=1S/C13H19N3/c1-10-6-7-11(9-15-10)13(8-14)16-12-4-2-3-5-12/h2-3,6-7,9,12-13,16H,4-5,8,14H2,1H3. The Bertz CT molecular complexity index is 348. The summed E-state index contributed by atoms with van der Waals surface area (Å²) in [6.45, 7) is 2.61. The van der Waals surface area contributed by atoms with Crippen LogP contribution in [0.1, 0.15) is 30.1 Å². The minimum absolute atomic E-state index is 0.220. The highest BCUT2D eigenvalue weighted by Crippen LogP contribution is 2.16. The molecule has 86 valence electrons. The van der Waals surface area contributed by atoms with Gasteiger partial charge in [-0.15, -0.1) is 0 Å². The fourth-order valence-corrected chi connectivity index (χ4v) is 2.02. The molecule has 3 nitrogen and oxygen atoms in total. The first-order valence-electron chi connectivity index (χ1n) is 5.83. The molecule has 3 heteroatoms. The highest BCUT2D eigenvalue weighted by Gasteiger charge is 2.16. The van der Waals surface area contributed by atoms with Gasteiger partial charge in [-0.2, -0.15) is 0 Å². The van der Waals surface area contributed by atoms with Gasteiger partial charge < -0.3 is 11.1 Å². The highest BCUT2D eigenvalue weighted by molar-refractivity contribution is 5.18. The molecule has 2 rings (SSSR count). The first kappa shape index (κ1) is 11.3. The van der Waals surface area contributed by atoms with Gasteiger partial charge in [-0.1, -0.05) is 18.2 Å². The van der Waals surface area contributed by atoms with Crippen LogP contribution < -0.4 is 11.1 Å². The lowest BCUT2D eigenvalue weighted by atomic mass is 10.1. The summed E-state index contributed by atoms with van der Waals surface area (Å²) in [6.07, 6.45) is 8.57. The van der Waals surface area contributed by atoms with Gasteiger partial charge in [-0.05, 0) is 31.4 Å². The van der Waals surface area contributed by atoms with E-state index < -0.39 is 0 Å². The number of hydrogen-bond acceptors (Lipinski definition) is 3. The zero-order valence-electron chi connectivity index (χ0n) is 9.69. The minimum Gasteiger partial charge on any atom is -0.329 e. The van der Waals surface area contributed by atoms with E-state index in [-0.39, 0.29) is 6.04 Å². The number of rotatable bonds is 4. The van der Waals surface area contributed by atoms with E-state index in [0.717, 1.165) is 18.5 Å². The van der Waals surface area contributed by atoms with E-state index in [1.54, 1.807) is 0 Å². The molecule has 0 aliphatic heterocycles. The molecule has 16 heavy (non-hydrogen) atoms. The van der Waals surface area contributed by atoms with E-state index in [0.29, 0.717) is 12.6 Å². The molecule has 1 aromatic heterocycles. The molecule has 3 N–H and O–H groups in total. The van der Waals surface area contributed by atoms with Crippen LogP contribution in [-0.2, 0) is 0 Å². The molecule has 1 aliphatic rings. The highest BCUT2D eigenvalue weighted by atomic mass is 15.0. The zero-order valence-corrected chi connectivity index (χ0v) is 9.69. The number of aryl methyl sites for hydroxylation is 1. The molecule has 0 saturated carbocycles. The van der Waals surface area contributed by atoms with E-state index in [4.69, 9.17) is 5.73 Å². The summed E-state index contributed by atoms with van der Waals surface area (Å²) in [4.78, 5) is 4.31. The average molecular weight is 217 g/mol. The van der Waals surface area contributed by atoms with Crippen molar-refractivity contribution >= 4 is 0 Å². The lowest BCUT2D eigenvalue weighted by Crippen LogP contribution is -2.35. The molecular formula is C13H19N3. The fraction of sp³-hybridized carbons (Fsp3) is 0.462. The number of aromatic nitrogens is 1. The minimum atomic E-state index is 0.220. The Balaban J connectivity index is 2.01. The lowest BCUT2D eigenvalue weighted by molar-refractivity contribution is 0.452. The quantitative estimate of drug-likeness (QED) is 0.755. The zero-order chi connectivity index (χ0) is 11.4. The van der Waals surface area contributed by atoms with Crippen LogP contribution in [0.25, 0.3) is 0 Å². The third kappa shape index (κ3) is 2.68. The SMILES string of the molecule is Cc1ccc(C(CN)NC2CC=CC2)cn1. The van der Waals surface area contributed by atoms with E-state index in [1.165, 1.54) is 5.56 Å². The van der Waals surface area contributed by atoms with Crippen LogP contribution in [0.4, 0.5) is 0 Å². The predicted octanol–water partition coefficient (Wildman–Crippen LogP) is 1.70. The molecule has 1 unspecified atom stereocenters. The van der Waals surface area contributed by atoms with Crippen molar-refractivity contribution in [3.8, 4) is 0 Å². The van der Waals surface area contributed by atoms with Crippen molar-refractivity contribution in [2.45, 2.75) is 31.8 Å². The molecule has 1 aliphatic carbocycles. The van der Waals surface area contributed by atoms with Gasteiger partial charge >= 0.3 is 0 Å². The van der Waals surface area contributed by atoms with E-state index in [1.807, 2.05) is 19.2 Å². The average Bonchev–Trinajstić information content (AvgIpc) is 2.80. The summed E-state index contributed by atoms with van der Waals surface area (Å²) in [5, 5.41) is 3.57. The second-order valence-electron chi connectivity index (χ2n) is 4.33. The van der Waals surface area contributed by atoms with Crippen LogP contribution in [0, 0.1) is 6.92 Å². The van der Waals surface area contributed by atoms with Gasteiger partial charge in [-0.25, -0.2) is 0 Å². The first-order valence-corrected chi connectivity index (χ1v) is 5.83. The maximum Gasteiger partial charge on any atom is 0.0462 e. The summed E-state index contributed by atoms with van der Waals surface area (Å²) in [7, 11) is 0. The van der Waals surface area contributed by atoms with Crippen molar-refractivity contribution in [3.05, 3.63) is 41.7 Å². The van der Waals surface area contributed by atoms with E-state index in [2.05, 4.69) is 28.5 Å². The van der Waals surface area contributed by atoms with Gasteiger partial charge in [0.25, 0.3) is 0 Å². The van der Waals surface area contributed by atoms with Crippen LogP contribution in [0.3, 0.4) is 0 Å². The van der Waals surface area contributed by atoms with Crippen molar-refractivity contribution in [3.63, 3.8) is 0 Å². The molecular weight excluding hydrogens is 198 g/mol. The van der Waals surface area contributed by atoms with Gasteiger partial charge in [0.05, 0.1) is 0 Å². The van der Waals surface area contributed by atoms with Crippen molar-refractivity contribution in [2.24, 2.45) is 5.73 Å². The molecule has 1 atom stereocenters. The normalized spacial score (nSPS) is 17.9. The van der Waals surface area contributed by atoms with Crippen molar-refractivity contribution in [1.82, 2.24) is 10.3 Å². The van der Waals surface area contributed by atoms with Gasteiger partial charge in [0.2, 0.25) is 0 Å². The smallest absolute Gasteiger partial charge is 0.0462 e. The second-order valence-corrected chi connectivity index (χ2v) is 4.33. The molecule has 0 radical (unpaired) electrons. The summed E-state index contributed by atoms with van der Waals surface area (Å²) in [6, 6.07) is 4.90. The molecule has 1 heterocycles. The fourth-order valence-electron chi connectivity index (χ4n) is 2.02. The van der Waals surface area contributed by atoms with Crippen molar-refractivity contribution in [1.29, 1.82) is 0 Å². The topological polar surface area (TPSA) is 50.9 Å². The van der Waals surface area contributed by atoms with Crippen LogP contribution in [0.2, 0.25) is 0 Å². The van der Waals surface area contributed by atoms with Crippen LogP contribution in [0.5, 0.6) is 0 Å². The van der Waals surface area contributed by atoms with E-state index in [9.17, 15) is 0 Å². The van der Waals surface area contributed by atoms with Gasteiger partial charge in [-0.3, -0.25) is 4.98 Å². The second kappa shape index (κ2) is 5.23. The van der Waals surface area contributed by atoms with Gasteiger partial charge in [0, 0.05) is 30.5 Å². The van der Waals surface area contributed by atoms with Crippen LogP contribution in [-0.4, -0.2) is 17.6 Å². The Kier molecular flexibility index (Phi) is 3.70. The maximum atomic E-state index is 5.81. The Morgan fingerprint density at radius 3 is 2.75 bits per heavy atom. The summed E-state index contributed by atoms with van der Waals surface area (Å²) in [5.41, 5.74) is 8.03. The summed E-state index contributed by atoms with van der Waals surface area (Å²) < 4.78 is 0. The summed E-state index contributed by atoms with van der Waals surface area (Å²) in [5.74, 6) is 0. The predicted molar refractivity (Wildman–Crippen MR) is 66.1 cm³/mol. The summed E-state index contributed by atoms with van der Waals surface area (Å²) >= 11 is 0. The Morgan fingerprint density at radius 1 is 1.44 bits per heavy atom. The Morgan fingerprint density at radius 2 is 2.19 bits per heavy atom. The molecule has 0 fully saturated rings. The number of nitrogens with two attached hydrogens (primary N) is 1. The van der Waals surface area contributed by atoms with E-state index >= 15 is 0 Å². The monoisotopic (exact) mass is 217 g/mol.